The highest BCUT2D eigenvalue weighted by molar-refractivity contribution is 5.33. The summed E-state index contributed by atoms with van der Waals surface area (Å²) in [6.07, 6.45) is 0.271. The minimum Gasteiger partial charge on any atom is -0.324 e. The third-order valence-corrected chi connectivity index (χ3v) is 4.63. The fraction of sp³-hybridized carbons (Fsp3) is 0.625. The first-order valence-electron chi connectivity index (χ1n) is 7.46. The van der Waals surface area contributed by atoms with Gasteiger partial charge >= 0.3 is 6.18 Å². The minimum absolute atomic E-state index is 0.00773. The second-order valence-electron chi connectivity index (χ2n) is 5.87. The number of hydrogen-bond donors (Lipinski definition) is 1. The van der Waals surface area contributed by atoms with Gasteiger partial charge in [0, 0.05) is 6.04 Å². The summed E-state index contributed by atoms with van der Waals surface area (Å²) in [6.45, 7) is 2.03. The molecule has 0 amide bonds. The molecular formula is C16H21F4N. The van der Waals surface area contributed by atoms with Gasteiger partial charge in [-0.25, -0.2) is 4.39 Å². The van der Waals surface area contributed by atoms with Crippen molar-refractivity contribution < 1.29 is 17.6 Å². The Kier molecular flexibility index (Phi) is 4.91. The van der Waals surface area contributed by atoms with Crippen LogP contribution in [0.25, 0.3) is 0 Å². The number of hydrogen-bond acceptors (Lipinski definition) is 1. The topological polar surface area (TPSA) is 26.0 Å². The van der Waals surface area contributed by atoms with E-state index < -0.39 is 23.6 Å². The molecule has 118 valence electrons. The zero-order valence-electron chi connectivity index (χ0n) is 12.1. The molecule has 0 spiro atoms. The second kappa shape index (κ2) is 6.34. The molecule has 5 heteroatoms. The summed E-state index contributed by atoms with van der Waals surface area (Å²) in [5.74, 6) is -0.359. The largest absolute Gasteiger partial charge is 0.416 e. The fourth-order valence-corrected chi connectivity index (χ4v) is 3.51. The van der Waals surface area contributed by atoms with Crippen molar-refractivity contribution >= 4 is 0 Å². The molecule has 1 nitrogen and oxygen atoms in total. The van der Waals surface area contributed by atoms with E-state index in [-0.39, 0.29) is 11.5 Å². The molecule has 1 aliphatic rings. The van der Waals surface area contributed by atoms with Crippen molar-refractivity contribution in [2.24, 2.45) is 17.6 Å². The maximum Gasteiger partial charge on any atom is 0.416 e. The van der Waals surface area contributed by atoms with Crippen LogP contribution in [0.5, 0.6) is 0 Å². The van der Waals surface area contributed by atoms with Crippen LogP contribution in [0.2, 0.25) is 0 Å². The Morgan fingerprint density at radius 2 is 1.90 bits per heavy atom. The van der Waals surface area contributed by atoms with E-state index in [1.165, 1.54) is 0 Å². The van der Waals surface area contributed by atoms with E-state index in [4.69, 9.17) is 5.73 Å². The molecule has 21 heavy (non-hydrogen) atoms. The lowest BCUT2D eigenvalue weighted by Gasteiger charge is -2.36. The van der Waals surface area contributed by atoms with Crippen LogP contribution < -0.4 is 5.73 Å². The van der Waals surface area contributed by atoms with Crippen molar-refractivity contribution in [3.05, 3.63) is 35.1 Å². The predicted molar refractivity (Wildman–Crippen MR) is 74.1 cm³/mol. The van der Waals surface area contributed by atoms with Gasteiger partial charge in [0.1, 0.15) is 5.82 Å². The van der Waals surface area contributed by atoms with Crippen molar-refractivity contribution in [2.75, 3.05) is 0 Å². The van der Waals surface area contributed by atoms with Gasteiger partial charge in [-0.3, -0.25) is 0 Å². The van der Waals surface area contributed by atoms with E-state index in [0.29, 0.717) is 5.92 Å². The highest BCUT2D eigenvalue weighted by Gasteiger charge is 2.38. The average Bonchev–Trinajstić information content (AvgIpc) is 2.45. The normalized spacial score (nSPS) is 24.9. The summed E-state index contributed by atoms with van der Waals surface area (Å²) >= 11 is 0. The average molecular weight is 303 g/mol. The highest BCUT2D eigenvalue weighted by Crippen LogP contribution is 2.42. The molecule has 0 radical (unpaired) electrons. The van der Waals surface area contributed by atoms with E-state index in [1.54, 1.807) is 0 Å². The van der Waals surface area contributed by atoms with Gasteiger partial charge in [-0.2, -0.15) is 13.2 Å². The van der Waals surface area contributed by atoms with Gasteiger partial charge in [0.2, 0.25) is 0 Å². The molecule has 0 bridgehead atoms. The van der Waals surface area contributed by atoms with E-state index in [9.17, 15) is 17.6 Å². The third kappa shape index (κ3) is 3.57. The second-order valence-corrected chi connectivity index (χ2v) is 5.87. The first-order valence-corrected chi connectivity index (χ1v) is 7.46. The van der Waals surface area contributed by atoms with Crippen LogP contribution in [0.4, 0.5) is 17.6 Å². The molecule has 3 atom stereocenters. The first kappa shape index (κ1) is 16.3. The van der Waals surface area contributed by atoms with Crippen LogP contribution in [0.1, 0.15) is 56.2 Å². The number of halogens is 4. The van der Waals surface area contributed by atoms with E-state index in [0.717, 1.165) is 50.3 Å². The van der Waals surface area contributed by atoms with Crippen molar-refractivity contribution in [1.29, 1.82) is 0 Å². The Hall–Kier alpha value is -1.10. The molecule has 0 aliphatic heterocycles. The summed E-state index contributed by atoms with van der Waals surface area (Å²) in [5.41, 5.74) is 5.22. The minimum atomic E-state index is -4.50. The SMILES string of the molecule is CCC1CCCCC1C(N)c1cc(F)ccc1C(F)(F)F. The zero-order valence-corrected chi connectivity index (χ0v) is 12.1. The Morgan fingerprint density at radius 3 is 2.52 bits per heavy atom. The lowest BCUT2D eigenvalue weighted by Crippen LogP contribution is -2.32. The smallest absolute Gasteiger partial charge is 0.324 e. The quantitative estimate of drug-likeness (QED) is 0.776. The Morgan fingerprint density at radius 1 is 1.24 bits per heavy atom. The number of nitrogens with two attached hydrogens (primary N) is 1. The fourth-order valence-electron chi connectivity index (χ4n) is 3.51. The predicted octanol–water partition coefficient (Wildman–Crippen LogP) is 5.06. The van der Waals surface area contributed by atoms with Crippen LogP contribution >= 0.6 is 0 Å². The van der Waals surface area contributed by atoms with Gasteiger partial charge in [0.15, 0.2) is 0 Å². The highest BCUT2D eigenvalue weighted by atomic mass is 19.4. The van der Waals surface area contributed by atoms with Crippen LogP contribution in [0.3, 0.4) is 0 Å². The lowest BCUT2D eigenvalue weighted by atomic mass is 9.72. The van der Waals surface area contributed by atoms with Gasteiger partial charge in [0.05, 0.1) is 5.56 Å². The first-order chi connectivity index (χ1) is 9.84. The van der Waals surface area contributed by atoms with Crippen LogP contribution in [0, 0.1) is 17.7 Å². The molecule has 0 aromatic heterocycles. The van der Waals surface area contributed by atoms with E-state index in [1.807, 2.05) is 6.92 Å². The summed E-state index contributed by atoms with van der Waals surface area (Å²) in [6, 6.07) is 1.84. The molecule has 0 saturated heterocycles. The van der Waals surface area contributed by atoms with E-state index >= 15 is 0 Å². The standard InChI is InChI=1S/C16H21F4N/c1-2-10-5-3-4-6-12(10)15(21)13-9-11(17)7-8-14(13)16(18,19)20/h7-10,12,15H,2-6,21H2,1H3. The maximum atomic E-state index is 13.4. The van der Waals surface area contributed by atoms with Crippen molar-refractivity contribution in [2.45, 2.75) is 51.2 Å². The van der Waals surface area contributed by atoms with Gasteiger partial charge < -0.3 is 5.73 Å². The summed E-state index contributed by atoms with van der Waals surface area (Å²) in [7, 11) is 0. The van der Waals surface area contributed by atoms with Gasteiger partial charge in [0.25, 0.3) is 0 Å². The lowest BCUT2D eigenvalue weighted by molar-refractivity contribution is -0.138. The zero-order chi connectivity index (χ0) is 15.6. The van der Waals surface area contributed by atoms with Crippen LogP contribution in [-0.4, -0.2) is 0 Å². The van der Waals surface area contributed by atoms with Gasteiger partial charge in [-0.1, -0.05) is 32.6 Å². The molecule has 1 aliphatic carbocycles. The molecule has 2 rings (SSSR count). The Labute approximate surface area is 122 Å². The summed E-state index contributed by atoms with van der Waals surface area (Å²) in [5, 5.41) is 0. The Balaban J connectivity index is 2.37. The van der Waals surface area contributed by atoms with Crippen LogP contribution in [0.15, 0.2) is 18.2 Å². The maximum absolute atomic E-state index is 13.4. The summed E-state index contributed by atoms with van der Waals surface area (Å²) < 4.78 is 52.7. The number of benzene rings is 1. The van der Waals surface area contributed by atoms with Crippen molar-refractivity contribution in [3.63, 3.8) is 0 Å². The van der Waals surface area contributed by atoms with Crippen molar-refractivity contribution in [3.8, 4) is 0 Å². The van der Waals surface area contributed by atoms with E-state index in [2.05, 4.69) is 0 Å². The molecule has 0 heterocycles. The van der Waals surface area contributed by atoms with Gasteiger partial charge in [-0.05, 0) is 42.0 Å². The van der Waals surface area contributed by atoms with Crippen molar-refractivity contribution in [1.82, 2.24) is 0 Å². The molecule has 3 unspecified atom stereocenters. The molecule has 1 aromatic rings. The molecular weight excluding hydrogens is 282 g/mol. The number of rotatable bonds is 3. The molecule has 1 fully saturated rings. The monoisotopic (exact) mass is 303 g/mol. The van der Waals surface area contributed by atoms with Gasteiger partial charge in [-0.15, -0.1) is 0 Å². The summed E-state index contributed by atoms with van der Waals surface area (Å²) in [4.78, 5) is 0. The number of alkyl halides is 3. The molecule has 1 aromatic carbocycles. The molecule has 1 saturated carbocycles. The Bertz CT molecular complexity index is 484. The van der Waals surface area contributed by atoms with Crippen LogP contribution in [-0.2, 0) is 6.18 Å². The molecule has 2 N–H and O–H groups in total. The third-order valence-electron chi connectivity index (χ3n) is 4.63.